The van der Waals surface area contributed by atoms with E-state index in [-0.39, 0.29) is 0 Å². The maximum Gasteiger partial charge on any atom is 0.309 e. The van der Waals surface area contributed by atoms with Gasteiger partial charge in [0.2, 0.25) is 0 Å². The van der Waals surface area contributed by atoms with Crippen LogP contribution in [0.15, 0.2) is 48.5 Å². The van der Waals surface area contributed by atoms with Gasteiger partial charge in [-0.3, -0.25) is 4.79 Å². The molecule has 0 aliphatic heterocycles. The van der Waals surface area contributed by atoms with Gasteiger partial charge in [-0.15, -0.1) is 0 Å². The summed E-state index contributed by atoms with van der Waals surface area (Å²) in [7, 11) is 0. The lowest BCUT2D eigenvalue weighted by atomic mass is 9.73. The molecule has 5 N–H and O–H groups in total. The van der Waals surface area contributed by atoms with E-state index >= 15 is 0 Å². The van der Waals surface area contributed by atoms with Gasteiger partial charge in [0, 0.05) is 11.4 Å². The number of hydrogen-bond acceptors (Lipinski definition) is 3. The molecule has 2 rings (SSSR count). The van der Waals surface area contributed by atoms with Gasteiger partial charge in [-0.25, -0.2) is 0 Å². The highest BCUT2D eigenvalue weighted by atomic mass is 16.4. The Bertz CT molecular complexity index is 644. The molecule has 0 aliphatic rings. The van der Waals surface area contributed by atoms with Crippen LogP contribution in [-0.4, -0.2) is 11.1 Å². The van der Waals surface area contributed by atoms with Crippen molar-refractivity contribution in [3.8, 4) is 0 Å². The Balaban J connectivity index is 2.12. The van der Waals surface area contributed by atoms with E-state index in [1.54, 1.807) is 0 Å². The van der Waals surface area contributed by atoms with Gasteiger partial charge in [-0.05, 0) is 67.5 Å². The van der Waals surface area contributed by atoms with Gasteiger partial charge >= 0.3 is 5.97 Å². The fourth-order valence-electron chi connectivity index (χ4n) is 3.35. The Morgan fingerprint density at radius 1 is 0.846 bits per heavy atom. The number of aryl methyl sites for hydroxylation is 2. The summed E-state index contributed by atoms with van der Waals surface area (Å²) in [5, 5.41) is 10.1. The molecule has 4 nitrogen and oxygen atoms in total. The monoisotopic (exact) mass is 354 g/mol. The summed E-state index contributed by atoms with van der Waals surface area (Å²) in [5.74, 6) is -0.683. The SMILES string of the molecule is CCCCC(CCc1ccc(N)cc1)(CCc1ccc(N)cc1)C(=O)O. The largest absolute Gasteiger partial charge is 0.481 e. The molecule has 2 aromatic carbocycles. The minimum absolute atomic E-state index is 0.640. The van der Waals surface area contributed by atoms with E-state index in [1.807, 2.05) is 48.5 Å². The van der Waals surface area contributed by atoms with Crippen molar-refractivity contribution in [1.82, 2.24) is 0 Å². The van der Waals surface area contributed by atoms with Gasteiger partial charge in [0.1, 0.15) is 0 Å². The molecule has 0 bridgehead atoms. The van der Waals surface area contributed by atoms with Gasteiger partial charge in [-0.1, -0.05) is 44.0 Å². The van der Waals surface area contributed by atoms with Crippen LogP contribution in [0.4, 0.5) is 11.4 Å². The standard InChI is InChI=1S/C22H30N2O2/c1-2-3-14-22(21(25)26,15-12-17-4-8-19(23)9-5-17)16-13-18-6-10-20(24)11-7-18/h4-11H,2-3,12-16,23-24H2,1H3,(H,25,26). The summed E-state index contributed by atoms with van der Waals surface area (Å²) in [5.41, 5.74) is 14.5. The van der Waals surface area contributed by atoms with Crippen molar-refractivity contribution in [2.45, 2.75) is 51.9 Å². The zero-order valence-corrected chi connectivity index (χ0v) is 15.6. The molecule has 0 fully saturated rings. The van der Waals surface area contributed by atoms with Crippen LogP contribution < -0.4 is 11.5 Å². The highest BCUT2D eigenvalue weighted by molar-refractivity contribution is 5.74. The van der Waals surface area contributed by atoms with E-state index in [9.17, 15) is 9.90 Å². The van der Waals surface area contributed by atoms with Gasteiger partial charge in [-0.2, -0.15) is 0 Å². The average Bonchev–Trinajstić information content (AvgIpc) is 2.64. The van der Waals surface area contributed by atoms with Crippen LogP contribution in [-0.2, 0) is 17.6 Å². The molecule has 0 atom stereocenters. The third-order valence-electron chi connectivity index (χ3n) is 5.21. The molecule has 0 spiro atoms. The number of rotatable bonds is 10. The second-order valence-electron chi connectivity index (χ2n) is 7.17. The van der Waals surface area contributed by atoms with Crippen molar-refractivity contribution < 1.29 is 9.90 Å². The molecule has 0 amide bonds. The first-order valence-corrected chi connectivity index (χ1v) is 9.37. The van der Waals surface area contributed by atoms with Crippen LogP contribution in [0.2, 0.25) is 0 Å². The number of nitrogens with two attached hydrogens (primary N) is 2. The van der Waals surface area contributed by atoms with Crippen molar-refractivity contribution in [3.05, 3.63) is 59.7 Å². The summed E-state index contributed by atoms with van der Waals surface area (Å²) in [6, 6.07) is 15.4. The molecular formula is C22H30N2O2. The summed E-state index contributed by atoms with van der Waals surface area (Å²) < 4.78 is 0. The fourth-order valence-corrected chi connectivity index (χ4v) is 3.35. The summed E-state index contributed by atoms with van der Waals surface area (Å²) >= 11 is 0. The van der Waals surface area contributed by atoms with Gasteiger partial charge < -0.3 is 16.6 Å². The lowest BCUT2D eigenvalue weighted by Gasteiger charge is -2.30. The quantitative estimate of drug-likeness (QED) is 0.541. The van der Waals surface area contributed by atoms with Crippen LogP contribution in [0.3, 0.4) is 0 Å². The Hall–Kier alpha value is -2.49. The third kappa shape index (κ3) is 5.51. The molecule has 0 heterocycles. The van der Waals surface area contributed by atoms with E-state index < -0.39 is 11.4 Å². The normalized spacial score (nSPS) is 11.4. The minimum atomic E-state index is -0.696. The number of carboxylic acid groups (broad SMARTS) is 1. The Morgan fingerprint density at radius 3 is 1.62 bits per heavy atom. The van der Waals surface area contributed by atoms with Crippen molar-refractivity contribution >= 4 is 17.3 Å². The predicted molar refractivity (Wildman–Crippen MR) is 108 cm³/mol. The van der Waals surface area contributed by atoms with Crippen molar-refractivity contribution in [3.63, 3.8) is 0 Å². The molecule has 0 saturated carbocycles. The van der Waals surface area contributed by atoms with E-state index in [1.165, 1.54) is 0 Å². The number of unbranched alkanes of at least 4 members (excludes halogenated alkanes) is 1. The molecule has 4 heteroatoms. The van der Waals surface area contributed by atoms with Gasteiger partial charge in [0.05, 0.1) is 5.41 Å². The molecule has 0 aromatic heterocycles. The number of benzene rings is 2. The van der Waals surface area contributed by atoms with Crippen LogP contribution >= 0.6 is 0 Å². The highest BCUT2D eigenvalue weighted by Crippen LogP contribution is 2.36. The third-order valence-corrected chi connectivity index (χ3v) is 5.21. The Kier molecular flexibility index (Phi) is 7.07. The average molecular weight is 354 g/mol. The molecular weight excluding hydrogens is 324 g/mol. The van der Waals surface area contributed by atoms with Crippen LogP contribution in [0, 0.1) is 5.41 Å². The number of hydrogen-bond donors (Lipinski definition) is 3. The molecule has 0 unspecified atom stereocenters. The lowest BCUT2D eigenvalue weighted by Crippen LogP contribution is -2.32. The molecule has 140 valence electrons. The number of carboxylic acids is 1. The van der Waals surface area contributed by atoms with E-state index in [2.05, 4.69) is 6.92 Å². The molecule has 0 aliphatic carbocycles. The molecule has 2 aromatic rings. The Morgan fingerprint density at radius 2 is 1.27 bits per heavy atom. The van der Waals surface area contributed by atoms with Crippen molar-refractivity contribution in [2.24, 2.45) is 5.41 Å². The number of carbonyl (C=O) groups is 1. The Labute approximate surface area is 156 Å². The second kappa shape index (κ2) is 9.27. The first kappa shape index (κ1) is 19.8. The van der Waals surface area contributed by atoms with E-state index in [0.29, 0.717) is 19.3 Å². The van der Waals surface area contributed by atoms with Crippen LogP contribution in [0.25, 0.3) is 0 Å². The van der Waals surface area contributed by atoms with Gasteiger partial charge in [0.25, 0.3) is 0 Å². The first-order chi connectivity index (χ1) is 12.4. The van der Waals surface area contributed by atoms with E-state index in [0.717, 1.165) is 48.2 Å². The number of aliphatic carboxylic acids is 1. The summed E-state index contributed by atoms with van der Waals surface area (Å²) in [4.78, 5) is 12.2. The molecule has 0 saturated heterocycles. The maximum atomic E-state index is 12.2. The second-order valence-corrected chi connectivity index (χ2v) is 7.17. The zero-order valence-electron chi connectivity index (χ0n) is 15.6. The highest BCUT2D eigenvalue weighted by Gasteiger charge is 2.37. The predicted octanol–water partition coefficient (Wildman–Crippen LogP) is 4.68. The summed E-state index contributed by atoms with van der Waals surface area (Å²) in [6.07, 6.45) is 5.41. The van der Waals surface area contributed by atoms with Crippen LogP contribution in [0.1, 0.15) is 50.2 Å². The topological polar surface area (TPSA) is 89.3 Å². The van der Waals surface area contributed by atoms with E-state index in [4.69, 9.17) is 11.5 Å². The molecule has 0 radical (unpaired) electrons. The first-order valence-electron chi connectivity index (χ1n) is 9.37. The maximum absolute atomic E-state index is 12.2. The van der Waals surface area contributed by atoms with Crippen LogP contribution in [0.5, 0.6) is 0 Å². The summed E-state index contributed by atoms with van der Waals surface area (Å²) in [6.45, 7) is 2.10. The zero-order chi connectivity index (χ0) is 19.0. The molecule has 26 heavy (non-hydrogen) atoms. The van der Waals surface area contributed by atoms with Crippen molar-refractivity contribution in [2.75, 3.05) is 11.5 Å². The number of anilines is 2. The van der Waals surface area contributed by atoms with Crippen molar-refractivity contribution in [1.29, 1.82) is 0 Å². The fraction of sp³-hybridized carbons (Fsp3) is 0.409. The number of nitrogen functional groups attached to an aromatic ring is 2. The smallest absolute Gasteiger partial charge is 0.309 e. The minimum Gasteiger partial charge on any atom is -0.481 e. The van der Waals surface area contributed by atoms with Gasteiger partial charge in [0.15, 0.2) is 0 Å². The lowest BCUT2D eigenvalue weighted by molar-refractivity contribution is -0.150.